The molecule has 24 heavy (non-hydrogen) atoms. The van der Waals surface area contributed by atoms with Crippen molar-refractivity contribution < 1.29 is 44.6 Å². The van der Waals surface area contributed by atoms with Crippen molar-refractivity contribution in [3.05, 3.63) is 29.8 Å². The highest BCUT2D eigenvalue weighted by molar-refractivity contribution is 14.1. The van der Waals surface area contributed by atoms with E-state index in [0.717, 1.165) is 0 Å². The Bertz CT molecular complexity index is 554. The monoisotopic (exact) mass is 480 g/mol. The molecule has 0 aliphatic rings. The summed E-state index contributed by atoms with van der Waals surface area (Å²) in [6.07, 6.45) is -8.98. The van der Waals surface area contributed by atoms with Gasteiger partial charge in [0.05, 0.1) is 0 Å². The standard InChI is InChI=1S/C13H10F9IO/c14-10(15,11(16,17)12(18,19)13(20,21)22)6-8(23)5-7-1-3-9(24)4-2-7/h1-4,8,24H,5-6H2. The van der Waals surface area contributed by atoms with Crippen LogP contribution in [0, 0.1) is 0 Å². The maximum Gasteiger partial charge on any atom is 0.460 e. The number of hydrogen-bond acceptors (Lipinski definition) is 1. The molecule has 0 aliphatic carbocycles. The minimum absolute atomic E-state index is 0.148. The van der Waals surface area contributed by atoms with Gasteiger partial charge in [-0.25, -0.2) is 0 Å². The van der Waals surface area contributed by atoms with Crippen molar-refractivity contribution in [1.29, 1.82) is 0 Å². The quantitative estimate of drug-likeness (QED) is 0.320. The van der Waals surface area contributed by atoms with E-state index in [1.165, 1.54) is 46.9 Å². The molecule has 0 saturated heterocycles. The van der Waals surface area contributed by atoms with E-state index in [2.05, 4.69) is 0 Å². The van der Waals surface area contributed by atoms with Crippen molar-refractivity contribution in [3.63, 3.8) is 0 Å². The van der Waals surface area contributed by atoms with Gasteiger partial charge in [-0.3, -0.25) is 0 Å². The number of hydrogen-bond donors (Lipinski definition) is 1. The Labute approximate surface area is 144 Å². The predicted molar refractivity (Wildman–Crippen MR) is 75.1 cm³/mol. The van der Waals surface area contributed by atoms with Crippen LogP contribution >= 0.6 is 22.6 Å². The summed E-state index contributed by atoms with van der Waals surface area (Å²) in [5.41, 5.74) is 0.314. The molecular weight excluding hydrogens is 470 g/mol. The van der Waals surface area contributed by atoms with Crippen LogP contribution in [0.5, 0.6) is 5.75 Å². The molecule has 0 heterocycles. The zero-order valence-electron chi connectivity index (χ0n) is 11.5. The molecule has 1 atom stereocenters. The second kappa shape index (κ2) is 6.79. The van der Waals surface area contributed by atoms with Crippen LogP contribution in [0.15, 0.2) is 24.3 Å². The van der Waals surface area contributed by atoms with E-state index in [1.807, 2.05) is 0 Å². The molecule has 1 N–H and O–H groups in total. The Morgan fingerprint density at radius 3 is 1.71 bits per heavy atom. The molecule has 1 aromatic rings. The molecule has 1 unspecified atom stereocenters. The van der Waals surface area contributed by atoms with Crippen LogP contribution in [-0.4, -0.2) is 33.0 Å². The Morgan fingerprint density at radius 2 is 1.29 bits per heavy atom. The van der Waals surface area contributed by atoms with Crippen molar-refractivity contribution in [2.45, 2.75) is 40.7 Å². The van der Waals surface area contributed by atoms with Crippen molar-refractivity contribution in [2.75, 3.05) is 0 Å². The van der Waals surface area contributed by atoms with E-state index in [1.54, 1.807) is 0 Å². The molecule has 1 rings (SSSR count). The Morgan fingerprint density at radius 1 is 0.833 bits per heavy atom. The van der Waals surface area contributed by atoms with Gasteiger partial charge in [-0.2, -0.15) is 39.5 Å². The van der Waals surface area contributed by atoms with Crippen LogP contribution in [0.1, 0.15) is 12.0 Å². The molecule has 0 bridgehead atoms. The van der Waals surface area contributed by atoms with Crippen molar-refractivity contribution in [1.82, 2.24) is 0 Å². The van der Waals surface area contributed by atoms with Crippen molar-refractivity contribution in [2.24, 2.45) is 0 Å². The van der Waals surface area contributed by atoms with E-state index >= 15 is 0 Å². The van der Waals surface area contributed by atoms with Crippen LogP contribution in [0.2, 0.25) is 0 Å². The lowest BCUT2D eigenvalue weighted by Gasteiger charge is -2.34. The molecular formula is C13H10F9IO. The van der Waals surface area contributed by atoms with Gasteiger partial charge in [0.15, 0.2) is 0 Å². The van der Waals surface area contributed by atoms with Gasteiger partial charge < -0.3 is 5.11 Å². The first kappa shape index (κ1) is 21.2. The van der Waals surface area contributed by atoms with Crippen molar-refractivity contribution >= 4 is 22.6 Å². The highest BCUT2D eigenvalue weighted by Crippen LogP contribution is 2.54. The average Bonchev–Trinajstić information content (AvgIpc) is 2.39. The Kier molecular flexibility index (Phi) is 5.99. The number of halogens is 10. The van der Waals surface area contributed by atoms with Crippen LogP contribution in [-0.2, 0) is 6.42 Å². The summed E-state index contributed by atoms with van der Waals surface area (Å²) in [6, 6.07) is 4.93. The van der Waals surface area contributed by atoms with Crippen LogP contribution in [0.25, 0.3) is 0 Å². The lowest BCUT2D eigenvalue weighted by atomic mass is 9.97. The highest BCUT2D eigenvalue weighted by atomic mass is 127. The normalized spacial score (nSPS) is 15.4. The fraction of sp³-hybridized carbons (Fsp3) is 0.538. The number of phenolic OH excluding ortho intramolecular Hbond substituents is 1. The van der Waals surface area contributed by atoms with Gasteiger partial charge in [0, 0.05) is 10.3 Å². The molecule has 0 spiro atoms. The summed E-state index contributed by atoms with van der Waals surface area (Å²) in [6.45, 7) is 0. The van der Waals surface area contributed by atoms with Gasteiger partial charge >= 0.3 is 23.9 Å². The Balaban J connectivity index is 2.92. The van der Waals surface area contributed by atoms with Gasteiger partial charge in [-0.1, -0.05) is 34.7 Å². The summed E-state index contributed by atoms with van der Waals surface area (Å²) < 4.78 is 113. The SMILES string of the molecule is Oc1ccc(CC(I)CC(F)(F)C(F)(F)C(F)(F)C(F)(F)F)cc1. The molecule has 0 amide bonds. The minimum atomic E-state index is -6.86. The third-order valence-corrected chi connectivity index (χ3v) is 3.96. The van der Waals surface area contributed by atoms with E-state index in [4.69, 9.17) is 5.11 Å². The Hall–Kier alpha value is -0.880. The third kappa shape index (κ3) is 4.20. The van der Waals surface area contributed by atoms with Crippen LogP contribution in [0.3, 0.4) is 0 Å². The molecule has 1 aromatic carbocycles. The van der Waals surface area contributed by atoms with E-state index < -0.39 is 34.3 Å². The largest absolute Gasteiger partial charge is 0.508 e. The molecule has 138 valence electrons. The van der Waals surface area contributed by atoms with Crippen LogP contribution < -0.4 is 0 Å². The predicted octanol–water partition coefficient (Wildman–Crippen LogP) is 5.60. The first-order valence-corrected chi connectivity index (χ1v) is 7.48. The van der Waals surface area contributed by atoms with Crippen molar-refractivity contribution in [3.8, 4) is 5.75 Å². The molecule has 0 aliphatic heterocycles. The van der Waals surface area contributed by atoms with Gasteiger partial charge in [0.1, 0.15) is 5.75 Å². The number of benzene rings is 1. The zero-order valence-corrected chi connectivity index (χ0v) is 13.7. The van der Waals surface area contributed by atoms with Gasteiger partial charge in [-0.05, 0) is 24.1 Å². The van der Waals surface area contributed by atoms with E-state index in [9.17, 15) is 39.5 Å². The molecule has 11 heteroatoms. The molecule has 0 saturated carbocycles. The highest BCUT2D eigenvalue weighted by Gasteiger charge is 2.81. The second-order valence-electron chi connectivity index (χ2n) is 5.02. The smallest absolute Gasteiger partial charge is 0.460 e. The molecule has 0 radical (unpaired) electrons. The topological polar surface area (TPSA) is 20.2 Å². The summed E-state index contributed by atoms with van der Waals surface area (Å²) in [5, 5.41) is 9.04. The molecule has 0 aromatic heterocycles. The summed E-state index contributed by atoms with van der Waals surface area (Å²) in [7, 11) is 0. The van der Waals surface area contributed by atoms with E-state index in [-0.39, 0.29) is 12.2 Å². The van der Waals surface area contributed by atoms with Gasteiger partial charge in [0.2, 0.25) is 0 Å². The lowest BCUT2D eigenvalue weighted by Crippen LogP contribution is -2.61. The van der Waals surface area contributed by atoms with Gasteiger partial charge in [-0.15, -0.1) is 0 Å². The number of phenols is 1. The fourth-order valence-corrected chi connectivity index (χ4v) is 2.84. The lowest BCUT2D eigenvalue weighted by molar-refractivity contribution is -0.396. The zero-order chi connectivity index (χ0) is 19.0. The molecule has 0 fully saturated rings. The maximum absolute atomic E-state index is 13.5. The number of rotatable bonds is 6. The number of alkyl halides is 10. The molecule has 1 nitrogen and oxygen atoms in total. The fourth-order valence-electron chi connectivity index (χ4n) is 1.77. The summed E-state index contributed by atoms with van der Waals surface area (Å²) in [4.78, 5) is 0. The minimum Gasteiger partial charge on any atom is -0.508 e. The third-order valence-electron chi connectivity index (χ3n) is 3.08. The van der Waals surface area contributed by atoms with E-state index in [0.29, 0.717) is 5.56 Å². The average molecular weight is 480 g/mol. The van der Waals surface area contributed by atoms with Crippen LogP contribution in [0.4, 0.5) is 39.5 Å². The van der Waals surface area contributed by atoms with Gasteiger partial charge in [0.25, 0.3) is 0 Å². The first-order valence-electron chi connectivity index (χ1n) is 6.24. The summed E-state index contributed by atoms with van der Waals surface area (Å²) in [5.74, 6) is -19.2. The maximum atomic E-state index is 13.5. The number of aromatic hydroxyl groups is 1. The second-order valence-corrected chi connectivity index (χ2v) is 6.78. The first-order chi connectivity index (χ1) is 10.6. The summed E-state index contributed by atoms with van der Waals surface area (Å²) >= 11 is 1.27.